The number of rotatable bonds is 4. The number of nitrogens with zero attached hydrogens (tertiary/aromatic N) is 3. The number of hydrogen-bond donors (Lipinski definition) is 1. The van der Waals surface area contributed by atoms with Crippen LogP contribution < -0.4 is 4.90 Å². The third-order valence-electron chi connectivity index (χ3n) is 4.19. The van der Waals surface area contributed by atoms with Crippen molar-refractivity contribution in [3.05, 3.63) is 64.7 Å². The van der Waals surface area contributed by atoms with Crippen LogP contribution in [0.2, 0.25) is 5.02 Å². The zero-order valence-corrected chi connectivity index (χ0v) is 15.0. The molecule has 0 saturated carbocycles. The first-order chi connectivity index (χ1) is 12.5. The van der Waals surface area contributed by atoms with E-state index in [4.69, 9.17) is 11.6 Å². The first-order valence-electron chi connectivity index (χ1n) is 8.19. The normalized spacial score (nSPS) is 13.7. The Morgan fingerprint density at radius 3 is 2.65 bits per heavy atom. The van der Waals surface area contributed by atoms with Crippen molar-refractivity contribution < 1.29 is 14.7 Å². The highest BCUT2D eigenvalue weighted by molar-refractivity contribution is 6.32. The van der Waals surface area contributed by atoms with E-state index >= 15 is 0 Å². The highest BCUT2D eigenvalue weighted by Gasteiger charge is 2.27. The average Bonchev–Trinajstić information content (AvgIpc) is 2.76. The van der Waals surface area contributed by atoms with Gasteiger partial charge in [-0.15, -0.1) is 0 Å². The van der Waals surface area contributed by atoms with Crippen molar-refractivity contribution in [2.45, 2.75) is 6.92 Å². The van der Waals surface area contributed by atoms with Crippen LogP contribution in [0.3, 0.4) is 0 Å². The van der Waals surface area contributed by atoms with E-state index in [2.05, 4.69) is 4.99 Å². The van der Waals surface area contributed by atoms with E-state index in [-0.39, 0.29) is 25.7 Å². The molecule has 1 N–H and O–H groups in total. The van der Waals surface area contributed by atoms with Crippen molar-refractivity contribution in [3.63, 3.8) is 0 Å². The summed E-state index contributed by atoms with van der Waals surface area (Å²) in [6, 6.07) is 14.7. The minimum atomic E-state index is -1.08. The van der Waals surface area contributed by atoms with E-state index < -0.39 is 6.09 Å². The lowest BCUT2D eigenvalue weighted by Gasteiger charge is -2.28. The number of benzodiazepines with no additional fused rings is 1. The van der Waals surface area contributed by atoms with Gasteiger partial charge in [-0.3, -0.25) is 19.6 Å². The molecule has 0 radical (unpaired) electrons. The molecule has 0 spiro atoms. The Labute approximate surface area is 156 Å². The van der Waals surface area contributed by atoms with Crippen molar-refractivity contribution >= 4 is 35.0 Å². The third kappa shape index (κ3) is 3.55. The second-order valence-corrected chi connectivity index (χ2v) is 6.23. The molecule has 1 heterocycles. The fraction of sp³-hybridized carbons (Fsp3) is 0.211. The summed E-state index contributed by atoms with van der Waals surface area (Å²) in [6.07, 6.45) is -1.08. The fourth-order valence-electron chi connectivity index (χ4n) is 2.85. The minimum Gasteiger partial charge on any atom is -0.465 e. The summed E-state index contributed by atoms with van der Waals surface area (Å²) in [5.41, 5.74) is 2.84. The number of benzene rings is 2. The summed E-state index contributed by atoms with van der Waals surface area (Å²) in [6.45, 7) is 1.88. The van der Waals surface area contributed by atoms with Crippen molar-refractivity contribution in [1.29, 1.82) is 0 Å². The Hall–Kier alpha value is -2.86. The summed E-state index contributed by atoms with van der Waals surface area (Å²) in [7, 11) is 0. The van der Waals surface area contributed by atoms with Crippen LogP contribution in [-0.2, 0) is 4.79 Å². The van der Waals surface area contributed by atoms with Gasteiger partial charge in [0, 0.05) is 22.7 Å². The molecule has 26 heavy (non-hydrogen) atoms. The van der Waals surface area contributed by atoms with Crippen LogP contribution in [0.5, 0.6) is 0 Å². The molecule has 2 amide bonds. The highest BCUT2D eigenvalue weighted by Crippen LogP contribution is 2.29. The number of halogens is 1. The second kappa shape index (κ2) is 7.58. The molecule has 1 aliphatic heterocycles. The van der Waals surface area contributed by atoms with E-state index in [1.807, 2.05) is 30.3 Å². The van der Waals surface area contributed by atoms with Crippen LogP contribution in [-0.4, -0.2) is 47.5 Å². The van der Waals surface area contributed by atoms with Crippen LogP contribution in [0.1, 0.15) is 18.1 Å². The molecular weight excluding hydrogens is 354 g/mol. The van der Waals surface area contributed by atoms with Gasteiger partial charge in [0.1, 0.15) is 13.2 Å². The van der Waals surface area contributed by atoms with E-state index in [1.165, 1.54) is 9.80 Å². The van der Waals surface area contributed by atoms with E-state index in [9.17, 15) is 14.7 Å². The molecule has 0 aliphatic carbocycles. The van der Waals surface area contributed by atoms with Gasteiger partial charge in [0.25, 0.3) is 0 Å². The number of aliphatic imine (C=N–C) groups is 1. The molecule has 0 saturated heterocycles. The summed E-state index contributed by atoms with van der Waals surface area (Å²) in [5.74, 6) is -0.265. The molecule has 0 unspecified atom stereocenters. The van der Waals surface area contributed by atoms with Gasteiger partial charge in [0.2, 0.25) is 5.91 Å². The zero-order chi connectivity index (χ0) is 18.7. The number of fused-ring (bicyclic) bond motifs is 1. The van der Waals surface area contributed by atoms with E-state index in [0.717, 1.165) is 5.56 Å². The molecule has 0 atom stereocenters. The first kappa shape index (κ1) is 17.9. The Morgan fingerprint density at radius 2 is 2.00 bits per heavy atom. The van der Waals surface area contributed by atoms with Gasteiger partial charge in [0.05, 0.1) is 11.4 Å². The second-order valence-electron chi connectivity index (χ2n) is 5.79. The molecular formula is C19H18ClN3O3. The van der Waals surface area contributed by atoms with Crippen molar-refractivity contribution in [3.8, 4) is 0 Å². The zero-order valence-electron chi connectivity index (χ0n) is 14.2. The molecule has 0 bridgehead atoms. The van der Waals surface area contributed by atoms with Gasteiger partial charge in [-0.25, -0.2) is 4.79 Å². The molecule has 0 fully saturated rings. The van der Waals surface area contributed by atoms with Crippen molar-refractivity contribution in [1.82, 2.24) is 4.90 Å². The van der Waals surface area contributed by atoms with Crippen LogP contribution in [0, 0.1) is 0 Å². The molecule has 2 aromatic carbocycles. The lowest BCUT2D eigenvalue weighted by atomic mass is 10.0. The number of hydrogen-bond acceptors (Lipinski definition) is 3. The molecule has 7 heteroatoms. The van der Waals surface area contributed by atoms with Crippen LogP contribution in [0.25, 0.3) is 0 Å². The Kier molecular flexibility index (Phi) is 5.23. The van der Waals surface area contributed by atoms with Gasteiger partial charge < -0.3 is 5.11 Å². The maximum Gasteiger partial charge on any atom is 0.408 e. The molecule has 3 rings (SSSR count). The summed E-state index contributed by atoms with van der Waals surface area (Å²) < 4.78 is 0. The number of anilines is 1. The number of carbonyl (C=O) groups excluding carboxylic acids is 1. The minimum absolute atomic E-state index is 0.0586. The highest BCUT2D eigenvalue weighted by atomic mass is 35.5. The summed E-state index contributed by atoms with van der Waals surface area (Å²) in [5, 5.41) is 9.84. The largest absolute Gasteiger partial charge is 0.465 e. The topological polar surface area (TPSA) is 73.2 Å². The third-order valence-corrected chi connectivity index (χ3v) is 4.42. The van der Waals surface area contributed by atoms with Gasteiger partial charge in [0.15, 0.2) is 0 Å². The predicted molar refractivity (Wildman–Crippen MR) is 101 cm³/mol. The lowest BCUT2D eigenvalue weighted by Crippen LogP contribution is -2.44. The maximum absolute atomic E-state index is 12.7. The van der Waals surface area contributed by atoms with Crippen molar-refractivity contribution in [2.24, 2.45) is 4.99 Å². The molecule has 1 aliphatic rings. The Balaban J connectivity index is 2.10. The predicted octanol–water partition coefficient (Wildman–Crippen LogP) is 3.48. The molecule has 6 nitrogen and oxygen atoms in total. The molecule has 2 aromatic rings. The quantitative estimate of drug-likeness (QED) is 0.894. The number of carbonyl (C=O) groups is 2. The first-order valence-corrected chi connectivity index (χ1v) is 8.57. The smallest absolute Gasteiger partial charge is 0.408 e. The monoisotopic (exact) mass is 371 g/mol. The van der Waals surface area contributed by atoms with E-state index in [1.54, 1.807) is 25.1 Å². The average molecular weight is 372 g/mol. The number of carboxylic acid groups (broad SMARTS) is 1. The summed E-state index contributed by atoms with van der Waals surface area (Å²) >= 11 is 6.19. The van der Waals surface area contributed by atoms with Gasteiger partial charge in [-0.1, -0.05) is 41.9 Å². The summed E-state index contributed by atoms with van der Waals surface area (Å²) in [4.78, 5) is 31.2. The van der Waals surface area contributed by atoms with Crippen LogP contribution in [0.4, 0.5) is 10.5 Å². The van der Waals surface area contributed by atoms with Crippen LogP contribution in [0.15, 0.2) is 53.5 Å². The Morgan fingerprint density at radius 1 is 1.27 bits per heavy atom. The molecule has 0 aromatic heterocycles. The van der Waals surface area contributed by atoms with Gasteiger partial charge in [-0.2, -0.15) is 0 Å². The SMILES string of the molecule is CCN(CN1C(=O)CN=C(c2ccccc2)c2cc(Cl)ccc21)C(=O)O. The van der Waals surface area contributed by atoms with Gasteiger partial charge >= 0.3 is 6.09 Å². The fourth-order valence-corrected chi connectivity index (χ4v) is 3.02. The lowest BCUT2D eigenvalue weighted by molar-refractivity contribution is -0.117. The maximum atomic E-state index is 12.7. The Bertz CT molecular complexity index is 868. The van der Waals surface area contributed by atoms with E-state index in [0.29, 0.717) is 22.0 Å². The van der Waals surface area contributed by atoms with Crippen LogP contribution >= 0.6 is 11.6 Å². The number of amides is 2. The van der Waals surface area contributed by atoms with Gasteiger partial charge in [-0.05, 0) is 25.1 Å². The van der Waals surface area contributed by atoms with Crippen molar-refractivity contribution in [2.75, 3.05) is 24.7 Å². The molecule has 134 valence electrons. The standard InChI is InChI=1S/C19H18ClN3O3/c1-2-22(19(25)26)12-23-16-9-8-14(20)10-15(16)18(21-11-17(23)24)13-6-4-3-5-7-13/h3-10H,2,11-12H2,1H3,(H,25,26).